The zero-order chi connectivity index (χ0) is 31.2. The van der Waals surface area contributed by atoms with Crippen molar-refractivity contribution in [3.05, 3.63) is 170 Å². The molecule has 2 aromatic heterocycles. The maximum Gasteiger partial charge on any atom is 0.164 e. The van der Waals surface area contributed by atoms with Crippen LogP contribution in [0.4, 0.5) is 0 Å². The van der Waals surface area contributed by atoms with E-state index in [1.54, 1.807) is 0 Å². The Bertz CT molecular complexity index is 2500. The minimum absolute atomic E-state index is 0.640. The van der Waals surface area contributed by atoms with E-state index in [0.29, 0.717) is 17.5 Å². The van der Waals surface area contributed by atoms with Crippen molar-refractivity contribution in [2.24, 2.45) is 0 Å². The van der Waals surface area contributed by atoms with Crippen molar-refractivity contribution in [1.29, 1.82) is 0 Å². The van der Waals surface area contributed by atoms with Crippen molar-refractivity contribution in [1.82, 2.24) is 19.5 Å². The zero-order valence-electron chi connectivity index (χ0n) is 25.5. The summed E-state index contributed by atoms with van der Waals surface area (Å²) in [6.45, 7) is 0. The minimum atomic E-state index is 0.640. The highest BCUT2D eigenvalue weighted by molar-refractivity contribution is 6.09. The first kappa shape index (κ1) is 27.0. The molecule has 4 nitrogen and oxygen atoms in total. The van der Waals surface area contributed by atoms with Crippen LogP contribution in [0.2, 0.25) is 0 Å². The van der Waals surface area contributed by atoms with Gasteiger partial charge in [0.1, 0.15) is 0 Å². The summed E-state index contributed by atoms with van der Waals surface area (Å²) in [4.78, 5) is 15.0. The molecule has 2 heterocycles. The molecule has 7 aromatic carbocycles. The van der Waals surface area contributed by atoms with Crippen LogP contribution >= 0.6 is 0 Å². The number of benzene rings is 7. The van der Waals surface area contributed by atoms with Crippen LogP contribution in [0.5, 0.6) is 0 Å². The van der Waals surface area contributed by atoms with Gasteiger partial charge >= 0.3 is 0 Å². The Morgan fingerprint density at radius 1 is 0.319 bits per heavy atom. The molecule has 9 rings (SSSR count). The topological polar surface area (TPSA) is 43.6 Å². The van der Waals surface area contributed by atoms with Crippen LogP contribution in [0.1, 0.15) is 0 Å². The lowest BCUT2D eigenvalue weighted by molar-refractivity contribution is 1.07. The molecule has 0 aliphatic carbocycles. The molecule has 0 fully saturated rings. The summed E-state index contributed by atoms with van der Waals surface area (Å²) in [5, 5.41) is 4.80. The average molecular weight is 601 g/mol. The highest BCUT2D eigenvalue weighted by Gasteiger charge is 2.15. The smallest absolute Gasteiger partial charge is 0.164 e. The van der Waals surface area contributed by atoms with E-state index in [9.17, 15) is 0 Å². The van der Waals surface area contributed by atoms with Crippen molar-refractivity contribution >= 4 is 32.6 Å². The summed E-state index contributed by atoms with van der Waals surface area (Å²) < 4.78 is 2.32. The summed E-state index contributed by atoms with van der Waals surface area (Å²) in [5.74, 6) is 1.93. The van der Waals surface area contributed by atoms with E-state index < -0.39 is 0 Å². The fourth-order valence-corrected chi connectivity index (χ4v) is 6.51. The Morgan fingerprint density at radius 3 is 1.38 bits per heavy atom. The normalized spacial score (nSPS) is 11.4. The SMILES string of the molecule is c1ccc(-c2ccc3ccc(-c4nc(-c5ccccc5)nc(-c5ccc(-n6c7ccccc7c7ccccc76)cc5)n4)cc3c2)cc1. The van der Waals surface area contributed by atoms with Gasteiger partial charge in [0.05, 0.1) is 11.0 Å². The Morgan fingerprint density at radius 2 is 0.766 bits per heavy atom. The van der Waals surface area contributed by atoms with Crippen LogP contribution in [-0.2, 0) is 0 Å². The van der Waals surface area contributed by atoms with Crippen LogP contribution in [-0.4, -0.2) is 19.5 Å². The molecule has 0 saturated heterocycles. The molecule has 0 saturated carbocycles. The summed E-state index contributed by atoms with van der Waals surface area (Å²) in [6.07, 6.45) is 0. The molecule has 0 atom stereocenters. The van der Waals surface area contributed by atoms with Crippen LogP contribution in [0.15, 0.2) is 170 Å². The summed E-state index contributed by atoms with van der Waals surface area (Å²) in [7, 11) is 0. The standard InChI is InChI=1S/C43H28N4/c1-3-11-29(12-4-1)33-21-19-30-20-22-34(28-35(30)27-33)43-45-41(31-13-5-2-6-14-31)44-42(46-43)32-23-25-36(26-24-32)47-39-17-9-7-15-37(39)38-16-8-10-18-40(38)47/h1-28H. The van der Waals surface area contributed by atoms with E-state index in [-0.39, 0.29) is 0 Å². The summed E-state index contributed by atoms with van der Waals surface area (Å²) in [6, 6.07) is 59.3. The van der Waals surface area contributed by atoms with Crippen molar-refractivity contribution in [3.8, 4) is 51.0 Å². The van der Waals surface area contributed by atoms with E-state index in [1.807, 2.05) is 36.4 Å². The van der Waals surface area contributed by atoms with Gasteiger partial charge in [-0.15, -0.1) is 0 Å². The monoisotopic (exact) mass is 600 g/mol. The number of rotatable bonds is 5. The molecule has 220 valence electrons. The summed E-state index contributed by atoms with van der Waals surface area (Å²) >= 11 is 0. The van der Waals surface area contributed by atoms with E-state index in [0.717, 1.165) is 27.8 Å². The van der Waals surface area contributed by atoms with E-state index in [1.165, 1.54) is 38.3 Å². The van der Waals surface area contributed by atoms with E-state index in [2.05, 4.69) is 138 Å². The van der Waals surface area contributed by atoms with Crippen LogP contribution in [0, 0.1) is 0 Å². The lowest BCUT2D eigenvalue weighted by atomic mass is 10.00. The molecule has 0 radical (unpaired) electrons. The number of nitrogens with zero attached hydrogens (tertiary/aromatic N) is 4. The molecule has 0 bridgehead atoms. The van der Waals surface area contributed by atoms with Gasteiger partial charge in [-0.05, 0) is 70.4 Å². The third-order valence-electron chi connectivity index (χ3n) is 8.84. The third kappa shape index (κ3) is 4.84. The first-order chi connectivity index (χ1) is 23.3. The number of aromatic nitrogens is 4. The van der Waals surface area contributed by atoms with Gasteiger partial charge < -0.3 is 4.57 Å². The Balaban J connectivity index is 1.16. The predicted molar refractivity (Wildman–Crippen MR) is 193 cm³/mol. The van der Waals surface area contributed by atoms with Gasteiger partial charge in [-0.25, -0.2) is 15.0 Å². The second-order valence-corrected chi connectivity index (χ2v) is 11.7. The van der Waals surface area contributed by atoms with Gasteiger partial charge in [0.15, 0.2) is 17.5 Å². The molecule has 0 N–H and O–H groups in total. The Labute approximate surface area is 272 Å². The lowest BCUT2D eigenvalue weighted by Crippen LogP contribution is -2.00. The van der Waals surface area contributed by atoms with E-state index >= 15 is 0 Å². The number of para-hydroxylation sites is 2. The third-order valence-corrected chi connectivity index (χ3v) is 8.84. The number of hydrogen-bond donors (Lipinski definition) is 0. The Hall–Kier alpha value is -6.39. The second kappa shape index (κ2) is 11.2. The maximum absolute atomic E-state index is 5.05. The second-order valence-electron chi connectivity index (χ2n) is 11.7. The largest absolute Gasteiger partial charge is 0.309 e. The van der Waals surface area contributed by atoms with E-state index in [4.69, 9.17) is 15.0 Å². The van der Waals surface area contributed by atoms with Crippen molar-refractivity contribution < 1.29 is 0 Å². The van der Waals surface area contributed by atoms with Gasteiger partial charge in [0.2, 0.25) is 0 Å². The van der Waals surface area contributed by atoms with Crippen LogP contribution in [0.3, 0.4) is 0 Å². The molecule has 0 amide bonds. The van der Waals surface area contributed by atoms with Crippen LogP contribution < -0.4 is 0 Å². The quantitative estimate of drug-likeness (QED) is 0.197. The molecule has 0 aliphatic rings. The highest BCUT2D eigenvalue weighted by atomic mass is 15.0. The van der Waals surface area contributed by atoms with Gasteiger partial charge in [0, 0.05) is 33.2 Å². The first-order valence-corrected chi connectivity index (χ1v) is 15.8. The number of fused-ring (bicyclic) bond motifs is 4. The lowest BCUT2D eigenvalue weighted by Gasteiger charge is -2.11. The minimum Gasteiger partial charge on any atom is -0.309 e. The number of hydrogen-bond acceptors (Lipinski definition) is 3. The molecule has 9 aromatic rings. The van der Waals surface area contributed by atoms with Crippen molar-refractivity contribution in [3.63, 3.8) is 0 Å². The molecule has 0 aliphatic heterocycles. The molecular formula is C43H28N4. The fourth-order valence-electron chi connectivity index (χ4n) is 6.51. The molecule has 0 unspecified atom stereocenters. The molecule has 4 heteroatoms. The average Bonchev–Trinajstić information content (AvgIpc) is 3.49. The Kier molecular flexibility index (Phi) is 6.43. The van der Waals surface area contributed by atoms with Gasteiger partial charge in [0.25, 0.3) is 0 Å². The predicted octanol–water partition coefficient (Wildman–Crippen LogP) is 10.8. The summed E-state index contributed by atoms with van der Waals surface area (Å²) in [5.41, 5.74) is 8.66. The molecule has 0 spiro atoms. The first-order valence-electron chi connectivity index (χ1n) is 15.8. The maximum atomic E-state index is 5.05. The molecular weight excluding hydrogens is 573 g/mol. The van der Waals surface area contributed by atoms with Gasteiger partial charge in [-0.1, -0.05) is 121 Å². The van der Waals surface area contributed by atoms with Gasteiger partial charge in [-0.3, -0.25) is 0 Å². The van der Waals surface area contributed by atoms with Crippen molar-refractivity contribution in [2.75, 3.05) is 0 Å². The van der Waals surface area contributed by atoms with Crippen LogP contribution in [0.25, 0.3) is 83.6 Å². The fraction of sp³-hybridized carbons (Fsp3) is 0. The highest BCUT2D eigenvalue weighted by Crippen LogP contribution is 2.33. The molecule has 47 heavy (non-hydrogen) atoms. The zero-order valence-corrected chi connectivity index (χ0v) is 25.5. The van der Waals surface area contributed by atoms with Crippen molar-refractivity contribution in [2.45, 2.75) is 0 Å². The van der Waals surface area contributed by atoms with Gasteiger partial charge in [-0.2, -0.15) is 0 Å².